The molecule has 4 heteroatoms. The summed E-state index contributed by atoms with van der Waals surface area (Å²) in [4.78, 5) is 0. The summed E-state index contributed by atoms with van der Waals surface area (Å²) in [5, 5.41) is 0. The minimum atomic E-state index is -1.25. The van der Waals surface area contributed by atoms with Crippen LogP contribution in [0.15, 0.2) is 42.5 Å². The van der Waals surface area contributed by atoms with E-state index in [4.69, 9.17) is 5.73 Å². The maximum atomic E-state index is 13.7. The molecule has 1 nitrogen and oxygen atoms in total. The molecule has 0 aliphatic rings. The van der Waals surface area contributed by atoms with Crippen LogP contribution >= 0.6 is 0 Å². The van der Waals surface area contributed by atoms with Gasteiger partial charge in [-0.25, -0.2) is 13.2 Å². The number of benzene rings is 2. The minimum absolute atomic E-state index is 0.141. The zero-order valence-electron chi connectivity index (χ0n) is 10.5. The third kappa shape index (κ3) is 2.96. The average molecular weight is 265 g/mol. The first-order valence-corrected chi connectivity index (χ1v) is 5.88. The largest absolute Gasteiger partial charge is 0.321 e. The van der Waals surface area contributed by atoms with Crippen molar-refractivity contribution in [1.82, 2.24) is 0 Å². The molecule has 19 heavy (non-hydrogen) atoms. The second-order valence-electron chi connectivity index (χ2n) is 4.82. The Morgan fingerprint density at radius 3 is 2.16 bits per heavy atom. The number of nitrogens with two attached hydrogens (primary N) is 1. The van der Waals surface area contributed by atoms with E-state index in [0.717, 1.165) is 12.1 Å². The van der Waals surface area contributed by atoms with Crippen LogP contribution in [-0.4, -0.2) is 0 Å². The van der Waals surface area contributed by atoms with Gasteiger partial charge in [-0.3, -0.25) is 0 Å². The van der Waals surface area contributed by atoms with Gasteiger partial charge in [0.05, 0.1) is 0 Å². The quantitative estimate of drug-likeness (QED) is 0.902. The van der Waals surface area contributed by atoms with Crippen LogP contribution in [0.5, 0.6) is 0 Å². The molecule has 0 amide bonds. The maximum Gasteiger partial charge on any atom is 0.131 e. The van der Waals surface area contributed by atoms with Gasteiger partial charge in [-0.1, -0.05) is 18.2 Å². The van der Waals surface area contributed by atoms with Crippen molar-refractivity contribution in [2.75, 3.05) is 0 Å². The molecular weight excluding hydrogens is 251 g/mol. The molecule has 2 aromatic rings. The fourth-order valence-corrected chi connectivity index (χ4v) is 2.20. The summed E-state index contributed by atoms with van der Waals surface area (Å²) in [6, 6.07) is 9.44. The van der Waals surface area contributed by atoms with E-state index in [-0.39, 0.29) is 12.0 Å². The van der Waals surface area contributed by atoms with Crippen LogP contribution in [0.3, 0.4) is 0 Å². The van der Waals surface area contributed by atoms with Gasteiger partial charge in [0.15, 0.2) is 0 Å². The molecule has 2 aromatic carbocycles. The van der Waals surface area contributed by atoms with Crippen molar-refractivity contribution in [1.29, 1.82) is 0 Å². The number of hydrogen-bond acceptors (Lipinski definition) is 1. The first-order valence-electron chi connectivity index (χ1n) is 5.88. The molecule has 0 aliphatic heterocycles. The number of hydrogen-bond donors (Lipinski definition) is 1. The summed E-state index contributed by atoms with van der Waals surface area (Å²) in [5.74, 6) is -1.79. The fraction of sp³-hybridized carbons (Fsp3) is 0.200. The van der Waals surface area contributed by atoms with Gasteiger partial charge in [-0.05, 0) is 43.2 Å². The summed E-state index contributed by atoms with van der Waals surface area (Å²) in [7, 11) is 0. The minimum Gasteiger partial charge on any atom is -0.321 e. The highest BCUT2D eigenvalue weighted by molar-refractivity contribution is 5.30. The van der Waals surface area contributed by atoms with Gasteiger partial charge < -0.3 is 5.73 Å². The van der Waals surface area contributed by atoms with Gasteiger partial charge in [-0.2, -0.15) is 0 Å². The lowest BCUT2D eigenvalue weighted by Crippen LogP contribution is -2.37. The van der Waals surface area contributed by atoms with Crippen molar-refractivity contribution >= 4 is 0 Å². The summed E-state index contributed by atoms with van der Waals surface area (Å²) in [6.07, 6.45) is 0.141. The molecule has 100 valence electrons. The van der Waals surface area contributed by atoms with Crippen LogP contribution in [0.4, 0.5) is 13.2 Å². The molecule has 2 rings (SSSR count). The van der Waals surface area contributed by atoms with Crippen LogP contribution in [0, 0.1) is 17.5 Å². The lowest BCUT2D eigenvalue weighted by atomic mass is 9.86. The van der Waals surface area contributed by atoms with Crippen molar-refractivity contribution in [3.05, 3.63) is 71.0 Å². The van der Waals surface area contributed by atoms with E-state index >= 15 is 0 Å². The van der Waals surface area contributed by atoms with Crippen LogP contribution in [-0.2, 0) is 12.0 Å². The standard InChI is InChI=1S/C15H14F3N/c1-15(19,9-10-4-2-5-11(16)8-10)14-12(17)6-3-7-13(14)18/h2-8H,9,19H2,1H3. The second kappa shape index (κ2) is 5.05. The Bertz CT molecular complexity index is 573. The molecule has 1 atom stereocenters. The Labute approximate surface area is 109 Å². The molecule has 0 saturated carbocycles. The van der Waals surface area contributed by atoms with Gasteiger partial charge in [0, 0.05) is 11.1 Å². The van der Waals surface area contributed by atoms with E-state index in [1.54, 1.807) is 12.1 Å². The predicted octanol–water partition coefficient (Wildman–Crippen LogP) is 3.52. The van der Waals surface area contributed by atoms with Crippen molar-refractivity contribution in [3.8, 4) is 0 Å². The van der Waals surface area contributed by atoms with Gasteiger partial charge >= 0.3 is 0 Å². The van der Waals surface area contributed by atoms with Crippen LogP contribution in [0.2, 0.25) is 0 Å². The zero-order chi connectivity index (χ0) is 14.0. The third-order valence-electron chi connectivity index (χ3n) is 2.99. The molecule has 2 N–H and O–H groups in total. The number of halogens is 3. The van der Waals surface area contributed by atoms with Crippen molar-refractivity contribution in [2.45, 2.75) is 18.9 Å². The topological polar surface area (TPSA) is 26.0 Å². The number of rotatable bonds is 3. The molecule has 0 aromatic heterocycles. The summed E-state index contributed by atoms with van der Waals surface area (Å²) in [6.45, 7) is 1.53. The molecule has 0 spiro atoms. The molecule has 0 heterocycles. The van der Waals surface area contributed by atoms with Gasteiger partial charge in [-0.15, -0.1) is 0 Å². The van der Waals surface area contributed by atoms with E-state index in [2.05, 4.69) is 0 Å². The SMILES string of the molecule is CC(N)(Cc1cccc(F)c1)c1c(F)cccc1F. The molecule has 0 fully saturated rings. The van der Waals surface area contributed by atoms with Gasteiger partial charge in [0.1, 0.15) is 17.5 Å². The van der Waals surface area contributed by atoms with Crippen LogP contribution < -0.4 is 5.73 Å². The lowest BCUT2D eigenvalue weighted by Gasteiger charge is -2.26. The second-order valence-corrected chi connectivity index (χ2v) is 4.82. The van der Waals surface area contributed by atoms with E-state index in [1.165, 1.54) is 25.1 Å². The fourth-order valence-electron chi connectivity index (χ4n) is 2.20. The molecule has 0 radical (unpaired) electrons. The molecule has 1 unspecified atom stereocenters. The highest BCUT2D eigenvalue weighted by Gasteiger charge is 2.28. The Hall–Kier alpha value is -1.81. The van der Waals surface area contributed by atoms with Crippen molar-refractivity contribution in [2.24, 2.45) is 5.73 Å². The van der Waals surface area contributed by atoms with Crippen molar-refractivity contribution < 1.29 is 13.2 Å². The molecule has 0 aliphatic carbocycles. The lowest BCUT2D eigenvalue weighted by molar-refractivity contribution is 0.424. The average Bonchev–Trinajstić information content (AvgIpc) is 2.27. The Balaban J connectivity index is 2.37. The smallest absolute Gasteiger partial charge is 0.131 e. The Morgan fingerprint density at radius 1 is 1.00 bits per heavy atom. The van der Waals surface area contributed by atoms with Gasteiger partial charge in [0.25, 0.3) is 0 Å². The Morgan fingerprint density at radius 2 is 1.58 bits per heavy atom. The molecule has 0 saturated heterocycles. The first-order chi connectivity index (χ1) is 8.90. The molecule has 0 bridgehead atoms. The summed E-state index contributed by atoms with van der Waals surface area (Å²) >= 11 is 0. The van der Waals surface area contributed by atoms with Crippen molar-refractivity contribution in [3.63, 3.8) is 0 Å². The van der Waals surface area contributed by atoms with E-state index in [1.807, 2.05) is 0 Å². The highest BCUT2D eigenvalue weighted by Crippen LogP contribution is 2.27. The Kier molecular flexibility index (Phi) is 3.62. The van der Waals surface area contributed by atoms with E-state index in [9.17, 15) is 13.2 Å². The monoisotopic (exact) mass is 265 g/mol. The van der Waals surface area contributed by atoms with Crippen LogP contribution in [0.25, 0.3) is 0 Å². The maximum absolute atomic E-state index is 13.7. The summed E-state index contributed by atoms with van der Waals surface area (Å²) < 4.78 is 40.6. The van der Waals surface area contributed by atoms with E-state index in [0.29, 0.717) is 5.56 Å². The summed E-state index contributed by atoms with van der Waals surface area (Å²) in [5.41, 5.74) is 5.18. The van der Waals surface area contributed by atoms with Gasteiger partial charge in [0.2, 0.25) is 0 Å². The first kappa shape index (κ1) is 13.6. The van der Waals surface area contributed by atoms with Crippen LogP contribution in [0.1, 0.15) is 18.1 Å². The third-order valence-corrected chi connectivity index (χ3v) is 2.99. The normalized spacial score (nSPS) is 14.2. The molecular formula is C15H14F3N. The van der Waals surface area contributed by atoms with E-state index < -0.39 is 23.0 Å². The zero-order valence-corrected chi connectivity index (χ0v) is 10.5. The highest BCUT2D eigenvalue weighted by atomic mass is 19.1. The predicted molar refractivity (Wildman–Crippen MR) is 68.0 cm³/mol.